The van der Waals surface area contributed by atoms with E-state index >= 15 is 0 Å². The monoisotopic (exact) mass is 252 g/mol. The Morgan fingerprint density at radius 3 is 2.94 bits per heavy atom. The summed E-state index contributed by atoms with van der Waals surface area (Å²) in [5.74, 6) is 5.29. The van der Waals surface area contributed by atoms with Crippen LogP contribution in [0.5, 0.6) is 0 Å². The summed E-state index contributed by atoms with van der Waals surface area (Å²) in [7, 11) is 0. The van der Waals surface area contributed by atoms with Gasteiger partial charge >= 0.3 is 0 Å². The summed E-state index contributed by atoms with van der Waals surface area (Å²) in [6.45, 7) is 6.23. The van der Waals surface area contributed by atoms with Gasteiger partial charge < -0.3 is 15.1 Å². The number of hydrazine groups is 1. The number of amides is 1. The van der Waals surface area contributed by atoms with E-state index in [-0.39, 0.29) is 5.91 Å². The average molecular weight is 252 g/mol. The Morgan fingerprint density at radius 2 is 2.33 bits per heavy atom. The highest BCUT2D eigenvalue weighted by atomic mass is 16.5. The van der Waals surface area contributed by atoms with Gasteiger partial charge in [0.05, 0.1) is 24.1 Å². The molecule has 0 saturated heterocycles. The second kappa shape index (κ2) is 7.62. The summed E-state index contributed by atoms with van der Waals surface area (Å²) in [4.78, 5) is 17.9. The predicted octanol–water partition coefficient (Wildman–Crippen LogP) is 0.866. The third-order valence-electron chi connectivity index (χ3n) is 2.59. The van der Waals surface area contributed by atoms with E-state index in [1.54, 1.807) is 17.2 Å². The topological polar surface area (TPSA) is 80.5 Å². The molecule has 0 aromatic carbocycles. The van der Waals surface area contributed by atoms with Crippen molar-refractivity contribution >= 4 is 11.6 Å². The fourth-order valence-corrected chi connectivity index (χ4v) is 1.59. The number of hydrogen-bond acceptors (Lipinski definition) is 5. The highest BCUT2D eigenvalue weighted by Gasteiger charge is 2.17. The predicted molar refractivity (Wildman–Crippen MR) is 70.1 cm³/mol. The van der Waals surface area contributed by atoms with Crippen molar-refractivity contribution in [2.45, 2.75) is 13.8 Å². The Balaban J connectivity index is 2.76. The second-order valence-corrected chi connectivity index (χ2v) is 3.65. The SMILES string of the molecule is CCOCCN(CC)C(=O)c1ccncc1NN. The van der Waals surface area contributed by atoms with E-state index in [1.165, 1.54) is 6.20 Å². The molecular formula is C12H20N4O2. The fraction of sp³-hybridized carbons (Fsp3) is 0.500. The molecule has 1 aromatic heterocycles. The number of carbonyl (C=O) groups excluding carboxylic acids is 1. The van der Waals surface area contributed by atoms with Crippen LogP contribution in [0.3, 0.4) is 0 Å². The molecule has 0 bridgehead atoms. The number of nitrogen functional groups attached to an aromatic ring is 1. The molecule has 6 heteroatoms. The van der Waals surface area contributed by atoms with Gasteiger partial charge in [0.15, 0.2) is 0 Å². The summed E-state index contributed by atoms with van der Waals surface area (Å²) in [5.41, 5.74) is 3.53. The molecule has 18 heavy (non-hydrogen) atoms. The molecule has 100 valence electrons. The van der Waals surface area contributed by atoms with Gasteiger partial charge in [0.2, 0.25) is 0 Å². The van der Waals surface area contributed by atoms with Crippen molar-refractivity contribution in [2.24, 2.45) is 5.84 Å². The molecule has 3 N–H and O–H groups in total. The third-order valence-corrected chi connectivity index (χ3v) is 2.59. The number of anilines is 1. The molecule has 1 heterocycles. The highest BCUT2D eigenvalue weighted by molar-refractivity contribution is 5.99. The Kier molecular flexibility index (Phi) is 6.10. The van der Waals surface area contributed by atoms with E-state index in [2.05, 4.69) is 10.4 Å². The normalized spacial score (nSPS) is 10.2. The zero-order chi connectivity index (χ0) is 13.4. The average Bonchev–Trinajstić information content (AvgIpc) is 2.43. The number of hydrogen-bond donors (Lipinski definition) is 2. The lowest BCUT2D eigenvalue weighted by Crippen LogP contribution is -2.34. The molecule has 6 nitrogen and oxygen atoms in total. The van der Waals surface area contributed by atoms with Crippen molar-refractivity contribution in [3.05, 3.63) is 24.0 Å². The summed E-state index contributed by atoms with van der Waals surface area (Å²) in [5, 5.41) is 0. The summed E-state index contributed by atoms with van der Waals surface area (Å²) in [6, 6.07) is 1.65. The van der Waals surface area contributed by atoms with Crippen LogP contribution in [0.25, 0.3) is 0 Å². The number of aromatic nitrogens is 1. The van der Waals surface area contributed by atoms with Crippen molar-refractivity contribution in [1.82, 2.24) is 9.88 Å². The van der Waals surface area contributed by atoms with Gasteiger partial charge in [-0.3, -0.25) is 15.6 Å². The Bertz CT molecular complexity index is 384. The number of ether oxygens (including phenoxy) is 1. The minimum atomic E-state index is -0.0763. The lowest BCUT2D eigenvalue weighted by molar-refractivity contribution is 0.0670. The molecule has 0 atom stereocenters. The summed E-state index contributed by atoms with van der Waals surface area (Å²) < 4.78 is 5.26. The van der Waals surface area contributed by atoms with Crippen molar-refractivity contribution in [3.63, 3.8) is 0 Å². The standard InChI is InChI=1S/C12H20N4O2/c1-3-16(7-8-18-4-2)12(17)10-5-6-14-9-11(10)15-13/h5-6,9,15H,3-4,7-8,13H2,1-2H3. The van der Waals surface area contributed by atoms with Gasteiger partial charge in [-0.2, -0.15) is 0 Å². The van der Waals surface area contributed by atoms with Crippen molar-refractivity contribution in [1.29, 1.82) is 0 Å². The first kappa shape index (κ1) is 14.4. The van der Waals surface area contributed by atoms with Crippen molar-refractivity contribution < 1.29 is 9.53 Å². The molecule has 0 saturated carbocycles. The lowest BCUT2D eigenvalue weighted by atomic mass is 10.2. The van der Waals surface area contributed by atoms with Crippen LogP contribution in [-0.2, 0) is 4.74 Å². The van der Waals surface area contributed by atoms with Gasteiger partial charge in [0.1, 0.15) is 0 Å². The number of nitrogens with two attached hydrogens (primary N) is 1. The van der Waals surface area contributed by atoms with Crippen LogP contribution in [0.15, 0.2) is 18.5 Å². The lowest BCUT2D eigenvalue weighted by Gasteiger charge is -2.21. The molecule has 0 aliphatic rings. The van der Waals surface area contributed by atoms with E-state index < -0.39 is 0 Å². The maximum atomic E-state index is 12.3. The van der Waals surface area contributed by atoms with Crippen LogP contribution < -0.4 is 11.3 Å². The first-order chi connectivity index (χ1) is 8.74. The van der Waals surface area contributed by atoms with E-state index in [0.29, 0.717) is 37.6 Å². The first-order valence-electron chi connectivity index (χ1n) is 6.02. The van der Waals surface area contributed by atoms with E-state index in [0.717, 1.165) is 0 Å². The minimum Gasteiger partial charge on any atom is -0.380 e. The van der Waals surface area contributed by atoms with Gasteiger partial charge in [0.25, 0.3) is 5.91 Å². The molecule has 0 fully saturated rings. The zero-order valence-corrected chi connectivity index (χ0v) is 10.8. The Morgan fingerprint density at radius 1 is 1.56 bits per heavy atom. The van der Waals surface area contributed by atoms with Crippen LogP contribution in [0, 0.1) is 0 Å². The first-order valence-corrected chi connectivity index (χ1v) is 6.02. The molecule has 0 radical (unpaired) electrons. The molecule has 0 aliphatic heterocycles. The van der Waals surface area contributed by atoms with Crippen LogP contribution in [0.4, 0.5) is 5.69 Å². The second-order valence-electron chi connectivity index (χ2n) is 3.65. The van der Waals surface area contributed by atoms with Crippen LogP contribution in [0.1, 0.15) is 24.2 Å². The van der Waals surface area contributed by atoms with Crippen LogP contribution >= 0.6 is 0 Å². The largest absolute Gasteiger partial charge is 0.380 e. The van der Waals surface area contributed by atoms with E-state index in [9.17, 15) is 4.79 Å². The quantitative estimate of drug-likeness (QED) is 0.427. The number of likely N-dealkylation sites (N-methyl/N-ethyl adjacent to an activating group) is 1. The van der Waals surface area contributed by atoms with Crippen molar-refractivity contribution in [2.75, 3.05) is 31.7 Å². The number of carbonyl (C=O) groups is 1. The van der Waals surface area contributed by atoms with Crippen molar-refractivity contribution in [3.8, 4) is 0 Å². The minimum absolute atomic E-state index is 0.0763. The van der Waals surface area contributed by atoms with Crippen LogP contribution in [-0.4, -0.2) is 42.1 Å². The highest BCUT2D eigenvalue weighted by Crippen LogP contribution is 2.14. The molecule has 0 spiro atoms. The fourth-order valence-electron chi connectivity index (χ4n) is 1.59. The van der Waals surface area contributed by atoms with Gasteiger partial charge in [-0.1, -0.05) is 0 Å². The molecule has 0 aliphatic carbocycles. The third kappa shape index (κ3) is 3.68. The number of nitrogens with zero attached hydrogens (tertiary/aromatic N) is 2. The van der Waals surface area contributed by atoms with E-state index in [1.807, 2.05) is 13.8 Å². The molecule has 1 amide bonds. The summed E-state index contributed by atoms with van der Waals surface area (Å²) >= 11 is 0. The molecule has 1 rings (SSSR count). The maximum absolute atomic E-state index is 12.3. The molecule has 0 unspecified atom stereocenters. The zero-order valence-electron chi connectivity index (χ0n) is 10.8. The number of rotatable bonds is 7. The smallest absolute Gasteiger partial charge is 0.256 e. The van der Waals surface area contributed by atoms with Gasteiger partial charge in [0, 0.05) is 25.9 Å². The number of pyridine rings is 1. The molecule has 1 aromatic rings. The maximum Gasteiger partial charge on any atom is 0.256 e. The number of nitrogens with one attached hydrogen (secondary N) is 1. The van der Waals surface area contributed by atoms with E-state index in [4.69, 9.17) is 10.6 Å². The van der Waals surface area contributed by atoms with Gasteiger partial charge in [-0.15, -0.1) is 0 Å². The summed E-state index contributed by atoms with van der Waals surface area (Å²) in [6.07, 6.45) is 3.11. The van der Waals surface area contributed by atoms with Crippen LogP contribution in [0.2, 0.25) is 0 Å². The van der Waals surface area contributed by atoms with Gasteiger partial charge in [-0.05, 0) is 19.9 Å². The Hall–Kier alpha value is -1.66. The molecular weight excluding hydrogens is 232 g/mol. The Labute approximate surface area is 107 Å². The van der Waals surface area contributed by atoms with Gasteiger partial charge in [-0.25, -0.2) is 0 Å².